The Morgan fingerprint density at radius 1 is 0.923 bits per heavy atom. The first-order chi connectivity index (χ1) is 12.7. The first-order valence-corrected chi connectivity index (χ1v) is 9.45. The van der Waals surface area contributed by atoms with Crippen LogP contribution in [0.15, 0.2) is 48.5 Å². The minimum Gasteiger partial charge on any atom is -0.567 e. The predicted molar refractivity (Wildman–Crippen MR) is 116 cm³/mol. The molecule has 0 aliphatic carbocycles. The van der Waals surface area contributed by atoms with Crippen LogP contribution in [0, 0.1) is 0 Å². The van der Waals surface area contributed by atoms with E-state index in [1.165, 1.54) is 10.9 Å². The molecule has 2 aromatic carbocycles. The Morgan fingerprint density at radius 3 is 2.00 bits per heavy atom. The van der Waals surface area contributed by atoms with Gasteiger partial charge in [-0.2, -0.15) is 0 Å². The molecular formula is C16H20B6O4. The fourth-order valence-electron chi connectivity index (χ4n) is 3.10. The number of hydrogen-bond donors (Lipinski definition) is 0. The highest BCUT2D eigenvalue weighted by Gasteiger charge is 2.37. The molecule has 0 spiro atoms. The summed E-state index contributed by atoms with van der Waals surface area (Å²) in [5.41, 5.74) is 2.54. The van der Waals surface area contributed by atoms with Gasteiger partial charge in [0.05, 0.1) is 52.2 Å². The molecule has 2 aliphatic rings. The van der Waals surface area contributed by atoms with Gasteiger partial charge in [-0.3, -0.25) is 0 Å². The number of ether oxygens (including phenoxy) is 2. The second kappa shape index (κ2) is 7.93. The van der Waals surface area contributed by atoms with Crippen molar-refractivity contribution in [2.45, 2.75) is 12.0 Å². The Kier molecular flexibility index (Phi) is 5.41. The molecule has 2 saturated heterocycles. The molecule has 2 aliphatic heterocycles. The van der Waals surface area contributed by atoms with Gasteiger partial charge in [-0.05, 0) is 24.3 Å². The summed E-state index contributed by atoms with van der Waals surface area (Å²) in [5.74, 6) is 1.81. The van der Waals surface area contributed by atoms with Crippen LogP contribution in [0.2, 0.25) is 0 Å². The van der Waals surface area contributed by atoms with E-state index in [1.807, 2.05) is 12.1 Å². The topological polar surface area (TPSA) is 43.5 Å². The lowest BCUT2D eigenvalue weighted by molar-refractivity contribution is 0.436. The summed E-state index contributed by atoms with van der Waals surface area (Å²) in [6.45, 7) is 2.12. The molecular weight excluding hydrogens is 321 g/mol. The van der Waals surface area contributed by atoms with Crippen LogP contribution in [-0.4, -0.2) is 68.6 Å². The summed E-state index contributed by atoms with van der Waals surface area (Å²) in [7, 11) is 5.95. The molecule has 0 saturated carbocycles. The number of rotatable bonds is 9. The lowest BCUT2D eigenvalue weighted by Gasteiger charge is -2.15. The zero-order valence-corrected chi connectivity index (χ0v) is 15.4. The third-order valence-corrected chi connectivity index (χ3v) is 5.06. The monoisotopic (exact) mass is 342 g/mol. The summed E-state index contributed by atoms with van der Waals surface area (Å²) < 4.78 is 22.3. The maximum Gasteiger partial charge on any atom is 0.371 e. The Balaban J connectivity index is 1.36. The lowest BCUT2D eigenvalue weighted by atomic mass is 9.21. The van der Waals surface area contributed by atoms with E-state index in [0.29, 0.717) is 14.1 Å². The Bertz CT molecular complexity index is 721. The highest BCUT2D eigenvalue weighted by molar-refractivity contribution is 7.30. The largest absolute Gasteiger partial charge is 0.567 e. The van der Waals surface area contributed by atoms with Gasteiger partial charge in [0.1, 0.15) is 7.06 Å². The molecule has 10 heteroatoms. The summed E-state index contributed by atoms with van der Waals surface area (Å²) in [6.07, 6.45) is 0. The molecule has 0 aromatic heterocycles. The van der Waals surface area contributed by atoms with Gasteiger partial charge in [0.15, 0.2) is 6.60 Å². The molecule has 0 amide bonds. The third kappa shape index (κ3) is 4.54. The van der Waals surface area contributed by atoms with Gasteiger partial charge in [-0.25, -0.2) is 0 Å². The second-order valence-electron chi connectivity index (χ2n) is 7.06. The van der Waals surface area contributed by atoms with Crippen molar-refractivity contribution in [1.82, 2.24) is 0 Å². The van der Waals surface area contributed by atoms with Crippen LogP contribution < -0.4 is 20.2 Å². The van der Waals surface area contributed by atoms with Crippen molar-refractivity contribution < 1.29 is 18.8 Å². The molecule has 2 aromatic rings. The van der Waals surface area contributed by atoms with Crippen molar-refractivity contribution in [3.05, 3.63) is 48.5 Å². The molecule has 4 rings (SSSR count). The van der Waals surface area contributed by atoms with Crippen LogP contribution in [0.3, 0.4) is 0 Å². The Morgan fingerprint density at radius 2 is 1.50 bits per heavy atom. The smallest absolute Gasteiger partial charge is 0.371 e. The second-order valence-corrected chi connectivity index (χ2v) is 7.06. The van der Waals surface area contributed by atoms with Gasteiger partial charge < -0.3 is 18.8 Å². The van der Waals surface area contributed by atoms with Crippen molar-refractivity contribution in [1.29, 1.82) is 0 Å². The SMILES string of the molecule is BBB(Oc1ccc(B(B)c2ccc(OBC3CO3)cc2)cc1)C1CO1. The standard InChI is InChI=1S/C16H20B6O4/c17-20-22(16-10-24-16)26-14-7-3-12(4-8-14)21(18)11-1-5-13(6-2-11)25-19-15-9-23-15/h1-8,15-16,19-20H,9-10,17-18H2. The molecule has 0 bridgehead atoms. The number of hydrogen-bond acceptors (Lipinski definition) is 4. The summed E-state index contributed by atoms with van der Waals surface area (Å²) in [6, 6.07) is 17.3. The van der Waals surface area contributed by atoms with Crippen molar-refractivity contribution in [3.63, 3.8) is 0 Å². The van der Waals surface area contributed by atoms with Gasteiger partial charge in [-0.1, -0.05) is 35.2 Å². The minimum atomic E-state index is 0.159. The van der Waals surface area contributed by atoms with Crippen molar-refractivity contribution in [2.75, 3.05) is 13.2 Å². The fourth-order valence-corrected chi connectivity index (χ4v) is 3.10. The highest BCUT2D eigenvalue weighted by atomic mass is 16.6. The van der Waals surface area contributed by atoms with Gasteiger partial charge in [0, 0.05) is 0 Å². The van der Waals surface area contributed by atoms with E-state index in [4.69, 9.17) is 18.8 Å². The molecule has 4 nitrogen and oxygen atoms in total. The van der Waals surface area contributed by atoms with E-state index in [0.717, 1.165) is 31.8 Å². The van der Waals surface area contributed by atoms with E-state index >= 15 is 0 Å². The van der Waals surface area contributed by atoms with E-state index in [9.17, 15) is 0 Å². The van der Waals surface area contributed by atoms with E-state index in [-0.39, 0.29) is 18.8 Å². The predicted octanol–water partition coefficient (Wildman–Crippen LogP) is -2.70. The van der Waals surface area contributed by atoms with Crippen LogP contribution in [0.25, 0.3) is 0 Å². The van der Waals surface area contributed by atoms with Crippen LogP contribution in [0.5, 0.6) is 11.5 Å². The van der Waals surface area contributed by atoms with Gasteiger partial charge in [0.25, 0.3) is 0 Å². The number of benzene rings is 2. The summed E-state index contributed by atoms with van der Waals surface area (Å²) >= 11 is 0. The molecule has 2 unspecified atom stereocenters. The maximum atomic E-state index is 6.04. The minimum absolute atomic E-state index is 0.159. The van der Waals surface area contributed by atoms with Crippen molar-refractivity contribution in [3.8, 4) is 11.5 Å². The Labute approximate surface area is 158 Å². The van der Waals surface area contributed by atoms with Crippen LogP contribution in [-0.2, 0) is 9.47 Å². The van der Waals surface area contributed by atoms with E-state index < -0.39 is 0 Å². The van der Waals surface area contributed by atoms with Crippen LogP contribution in [0.4, 0.5) is 0 Å². The fraction of sp³-hybridized carbons (Fsp3) is 0.250. The molecule has 0 N–H and O–H groups in total. The third-order valence-electron chi connectivity index (χ3n) is 5.06. The molecule has 2 fully saturated rings. The lowest BCUT2D eigenvalue weighted by Crippen LogP contribution is -2.43. The zero-order chi connectivity index (χ0) is 17.9. The van der Waals surface area contributed by atoms with Gasteiger partial charge in [-0.15, -0.1) is 0 Å². The summed E-state index contributed by atoms with van der Waals surface area (Å²) in [4.78, 5) is 0. The quantitative estimate of drug-likeness (QED) is 0.368. The average molecular weight is 341 g/mol. The first kappa shape index (κ1) is 17.7. The van der Waals surface area contributed by atoms with Crippen molar-refractivity contribution in [2.24, 2.45) is 0 Å². The van der Waals surface area contributed by atoms with Crippen LogP contribution >= 0.6 is 0 Å². The molecule has 126 valence electrons. The normalized spacial score (nSPS) is 20.0. The first-order valence-electron chi connectivity index (χ1n) is 9.45. The summed E-state index contributed by atoms with van der Waals surface area (Å²) in [5, 5.41) is 0. The Hall–Kier alpha value is -1.65. The molecule has 2 heterocycles. The molecule has 2 atom stereocenters. The zero-order valence-electron chi connectivity index (χ0n) is 15.4. The molecule has 26 heavy (non-hydrogen) atoms. The van der Waals surface area contributed by atoms with Crippen molar-refractivity contribution >= 4 is 54.4 Å². The van der Waals surface area contributed by atoms with Gasteiger partial charge in [0.2, 0.25) is 0 Å². The van der Waals surface area contributed by atoms with E-state index in [2.05, 4.69) is 51.9 Å². The maximum absolute atomic E-state index is 6.04. The number of epoxide rings is 2. The van der Waals surface area contributed by atoms with Gasteiger partial charge >= 0.3 is 14.3 Å². The molecule has 0 radical (unpaired) electrons. The average Bonchev–Trinajstić information content (AvgIpc) is 3.58. The van der Waals surface area contributed by atoms with Crippen LogP contribution in [0.1, 0.15) is 0 Å². The highest BCUT2D eigenvalue weighted by Crippen LogP contribution is 2.17. The van der Waals surface area contributed by atoms with E-state index in [1.54, 1.807) is 0 Å².